The predicted molar refractivity (Wildman–Crippen MR) is 288 cm³/mol. The van der Waals surface area contributed by atoms with E-state index in [0.717, 1.165) is 122 Å². The fourth-order valence-corrected chi connectivity index (χ4v) is 7.68. The topological polar surface area (TPSA) is 78.9 Å². The predicted octanol–water partition coefficient (Wildman–Crippen LogP) is 18.8. The fraction of sp³-hybridized carbons (Fsp3) is 0.721. The molecule has 0 aromatic heterocycles. The van der Waals surface area contributed by atoms with E-state index in [-0.39, 0.29) is 31.1 Å². The van der Waals surface area contributed by atoms with E-state index in [1.54, 1.807) is 0 Å². The summed E-state index contributed by atoms with van der Waals surface area (Å²) in [6.45, 7) is 6.42. The van der Waals surface area contributed by atoms with Gasteiger partial charge in [-0.05, 0) is 96.3 Å². The molecule has 0 aliphatic rings. The summed E-state index contributed by atoms with van der Waals surface area (Å²) < 4.78 is 16.7. The highest BCUT2D eigenvalue weighted by atomic mass is 16.6. The van der Waals surface area contributed by atoms with Gasteiger partial charge in [-0.1, -0.05) is 234 Å². The van der Waals surface area contributed by atoms with Gasteiger partial charge in [0.1, 0.15) is 13.2 Å². The van der Waals surface area contributed by atoms with Crippen LogP contribution in [0.1, 0.15) is 265 Å². The number of hydrogen-bond acceptors (Lipinski definition) is 6. The minimum absolute atomic E-state index is 0.0855. The van der Waals surface area contributed by atoms with Gasteiger partial charge in [0.15, 0.2) is 6.10 Å². The summed E-state index contributed by atoms with van der Waals surface area (Å²) in [5.74, 6) is -0.918. The minimum atomic E-state index is -0.784. The van der Waals surface area contributed by atoms with Gasteiger partial charge < -0.3 is 14.2 Å². The zero-order valence-corrected chi connectivity index (χ0v) is 43.9. The molecular formula is C61H104O6. The average Bonchev–Trinajstić information content (AvgIpc) is 3.33. The van der Waals surface area contributed by atoms with Crippen molar-refractivity contribution in [2.75, 3.05) is 13.2 Å². The lowest BCUT2D eigenvalue weighted by Crippen LogP contribution is -2.30. The van der Waals surface area contributed by atoms with Gasteiger partial charge in [0, 0.05) is 19.3 Å². The van der Waals surface area contributed by atoms with Crippen LogP contribution in [0.3, 0.4) is 0 Å². The summed E-state index contributed by atoms with van der Waals surface area (Å²) in [6.07, 6.45) is 71.8. The molecule has 0 N–H and O–H groups in total. The van der Waals surface area contributed by atoms with Crippen molar-refractivity contribution in [3.05, 3.63) is 85.1 Å². The summed E-state index contributed by atoms with van der Waals surface area (Å²) in [6, 6.07) is 0. The molecule has 6 nitrogen and oxygen atoms in total. The molecule has 1 atom stereocenters. The molecular weight excluding hydrogens is 829 g/mol. The van der Waals surface area contributed by atoms with E-state index in [1.165, 1.54) is 103 Å². The molecule has 67 heavy (non-hydrogen) atoms. The Morgan fingerprint density at radius 3 is 0.910 bits per heavy atom. The first-order valence-electron chi connectivity index (χ1n) is 28.1. The molecule has 0 heterocycles. The van der Waals surface area contributed by atoms with Crippen LogP contribution in [0.25, 0.3) is 0 Å². The van der Waals surface area contributed by atoms with Gasteiger partial charge in [0.25, 0.3) is 0 Å². The highest BCUT2D eigenvalue weighted by molar-refractivity contribution is 5.71. The first-order chi connectivity index (χ1) is 33.0. The van der Waals surface area contributed by atoms with Gasteiger partial charge >= 0.3 is 17.9 Å². The third-order valence-corrected chi connectivity index (χ3v) is 11.9. The summed E-state index contributed by atoms with van der Waals surface area (Å²) in [4.78, 5) is 37.8. The van der Waals surface area contributed by atoms with Gasteiger partial charge in [0.2, 0.25) is 0 Å². The Balaban J connectivity index is 4.16. The van der Waals surface area contributed by atoms with Crippen molar-refractivity contribution < 1.29 is 28.6 Å². The smallest absolute Gasteiger partial charge is 0.306 e. The van der Waals surface area contributed by atoms with Crippen molar-refractivity contribution in [3.63, 3.8) is 0 Å². The van der Waals surface area contributed by atoms with Crippen LogP contribution in [0.5, 0.6) is 0 Å². The molecule has 0 saturated heterocycles. The summed E-state index contributed by atoms with van der Waals surface area (Å²) in [5.41, 5.74) is 0. The zero-order chi connectivity index (χ0) is 48.6. The van der Waals surface area contributed by atoms with Gasteiger partial charge in [-0.2, -0.15) is 0 Å². The number of carbonyl (C=O) groups is 3. The second-order valence-electron chi connectivity index (χ2n) is 18.5. The van der Waals surface area contributed by atoms with Gasteiger partial charge in [-0.3, -0.25) is 14.4 Å². The summed E-state index contributed by atoms with van der Waals surface area (Å²) in [7, 11) is 0. The monoisotopic (exact) mass is 933 g/mol. The molecule has 0 aliphatic heterocycles. The minimum Gasteiger partial charge on any atom is -0.462 e. The highest BCUT2D eigenvalue weighted by Crippen LogP contribution is 2.15. The SMILES string of the molecule is CC/C=C\C/C=C\C/C=C\C/C=C\C/C=C\CCCCCCCC(=O)OC(COC(=O)CCCCCCC)COC(=O)CCCCCCCCCCCCC/C=C\C/C=C\CCCCCCC. The second-order valence-corrected chi connectivity index (χ2v) is 18.5. The Bertz CT molecular complexity index is 1300. The third kappa shape index (κ3) is 53.4. The molecule has 0 spiro atoms. The van der Waals surface area contributed by atoms with Crippen molar-refractivity contribution in [1.82, 2.24) is 0 Å². The summed E-state index contributed by atoms with van der Waals surface area (Å²) in [5, 5.41) is 0. The van der Waals surface area contributed by atoms with Gasteiger partial charge in [-0.15, -0.1) is 0 Å². The van der Waals surface area contributed by atoms with Crippen LogP contribution >= 0.6 is 0 Å². The number of hydrogen-bond donors (Lipinski definition) is 0. The van der Waals surface area contributed by atoms with Crippen LogP contribution in [0.2, 0.25) is 0 Å². The van der Waals surface area contributed by atoms with Crippen molar-refractivity contribution >= 4 is 17.9 Å². The van der Waals surface area contributed by atoms with Crippen molar-refractivity contribution in [3.8, 4) is 0 Å². The number of carbonyl (C=O) groups excluding carboxylic acids is 3. The highest BCUT2D eigenvalue weighted by Gasteiger charge is 2.19. The normalized spacial score (nSPS) is 12.7. The molecule has 384 valence electrons. The van der Waals surface area contributed by atoms with E-state index >= 15 is 0 Å². The van der Waals surface area contributed by atoms with Crippen LogP contribution in [0.15, 0.2) is 85.1 Å². The van der Waals surface area contributed by atoms with E-state index in [1.807, 2.05) is 0 Å². The molecule has 0 rings (SSSR count). The van der Waals surface area contributed by atoms with Crippen molar-refractivity contribution in [1.29, 1.82) is 0 Å². The van der Waals surface area contributed by atoms with Crippen LogP contribution in [0.4, 0.5) is 0 Å². The number of esters is 3. The molecule has 6 heteroatoms. The van der Waals surface area contributed by atoms with Crippen molar-refractivity contribution in [2.24, 2.45) is 0 Å². The standard InChI is InChI=1S/C61H104O6/c1-4-7-10-13-15-17-19-21-23-25-27-29-30-32-33-35-37-39-41-43-45-48-51-54-60(63)66-57-58(56-65-59(62)53-50-47-12-9-6-3)67-61(64)55-52-49-46-44-42-40-38-36-34-31-28-26-24-22-20-18-16-14-11-8-5-2/h8,11,16,18-19,21-22,24-25,27-28,31,36,38,58H,4-7,9-10,12-15,17,20,23,26,29-30,32-35,37,39-57H2,1-3H3/b11-8-,18-16-,21-19-,24-22-,27-25-,31-28-,38-36-. The largest absolute Gasteiger partial charge is 0.462 e. The maximum Gasteiger partial charge on any atom is 0.306 e. The molecule has 0 aromatic carbocycles. The number of ether oxygens (including phenoxy) is 3. The first-order valence-corrected chi connectivity index (χ1v) is 28.1. The van der Waals surface area contributed by atoms with Crippen molar-refractivity contribution in [2.45, 2.75) is 271 Å². The Hall–Kier alpha value is -3.41. The van der Waals surface area contributed by atoms with Crippen LogP contribution in [0, 0.1) is 0 Å². The fourth-order valence-electron chi connectivity index (χ4n) is 7.68. The van der Waals surface area contributed by atoms with Gasteiger partial charge in [-0.25, -0.2) is 0 Å². The van der Waals surface area contributed by atoms with Crippen LogP contribution < -0.4 is 0 Å². The quantitative estimate of drug-likeness (QED) is 0.0262. The maximum atomic E-state index is 12.8. The lowest BCUT2D eigenvalue weighted by Gasteiger charge is -2.18. The molecule has 0 aliphatic carbocycles. The first kappa shape index (κ1) is 63.6. The maximum absolute atomic E-state index is 12.8. The number of allylic oxidation sites excluding steroid dienone is 14. The molecule has 0 radical (unpaired) electrons. The van der Waals surface area contributed by atoms with Gasteiger partial charge in [0.05, 0.1) is 0 Å². The average molecular weight is 933 g/mol. The van der Waals surface area contributed by atoms with Crippen LogP contribution in [-0.2, 0) is 28.6 Å². The van der Waals surface area contributed by atoms with E-state index in [0.29, 0.717) is 19.3 Å². The Kier molecular flexibility index (Phi) is 52.4. The number of rotatable bonds is 50. The van der Waals surface area contributed by atoms with Crippen LogP contribution in [-0.4, -0.2) is 37.2 Å². The molecule has 0 saturated carbocycles. The van der Waals surface area contributed by atoms with E-state index in [9.17, 15) is 14.4 Å². The second kappa shape index (κ2) is 55.2. The van der Waals surface area contributed by atoms with E-state index in [4.69, 9.17) is 14.2 Å². The van der Waals surface area contributed by atoms with E-state index in [2.05, 4.69) is 106 Å². The Labute approximate surface area is 414 Å². The molecule has 0 bridgehead atoms. The molecule has 0 aromatic rings. The molecule has 0 fully saturated rings. The Morgan fingerprint density at radius 2 is 0.582 bits per heavy atom. The lowest BCUT2D eigenvalue weighted by atomic mass is 10.0. The molecule has 1 unspecified atom stereocenters. The lowest BCUT2D eigenvalue weighted by molar-refractivity contribution is -0.167. The number of unbranched alkanes of at least 4 members (excludes halogenated alkanes) is 25. The molecule has 0 amide bonds. The van der Waals surface area contributed by atoms with E-state index < -0.39 is 6.10 Å². The zero-order valence-electron chi connectivity index (χ0n) is 43.9. The Morgan fingerprint density at radius 1 is 0.313 bits per heavy atom. The summed E-state index contributed by atoms with van der Waals surface area (Å²) >= 11 is 0. The third-order valence-electron chi connectivity index (χ3n) is 11.9.